The largest absolute Gasteiger partial charge is 0.0622 e. The van der Waals surface area contributed by atoms with Gasteiger partial charge in [-0.3, -0.25) is 0 Å². The standard InChI is InChI=1S/C12H14/c1-2-5-10(6-3-1)12-8-4-7-11(12)9-12/h1-3,5-6,11H,4,7-9H2. The second-order valence-corrected chi connectivity index (χ2v) is 4.32. The molecule has 2 saturated carbocycles. The minimum absolute atomic E-state index is 0.654. The lowest BCUT2D eigenvalue weighted by Gasteiger charge is -2.11. The first-order valence-corrected chi connectivity index (χ1v) is 4.97. The Morgan fingerprint density at radius 3 is 2.58 bits per heavy atom. The number of fused-ring (bicyclic) bond motifs is 1. The monoisotopic (exact) mass is 158 g/mol. The quantitative estimate of drug-likeness (QED) is 0.589. The first kappa shape index (κ1) is 6.71. The summed E-state index contributed by atoms with van der Waals surface area (Å²) in [6, 6.07) is 11.1. The summed E-state index contributed by atoms with van der Waals surface area (Å²) in [5.74, 6) is 1.04. The SMILES string of the molecule is c1ccc(C23CCCC2C3)cc1. The fourth-order valence-corrected chi connectivity index (χ4v) is 3.00. The Morgan fingerprint density at radius 1 is 1.17 bits per heavy atom. The smallest absolute Gasteiger partial charge is 0.00155 e. The summed E-state index contributed by atoms with van der Waals surface area (Å²) in [7, 11) is 0. The molecule has 62 valence electrons. The van der Waals surface area contributed by atoms with Gasteiger partial charge in [-0.1, -0.05) is 36.8 Å². The molecule has 0 aromatic heterocycles. The minimum atomic E-state index is 0.654. The molecule has 2 aliphatic carbocycles. The van der Waals surface area contributed by atoms with Crippen LogP contribution in [0.4, 0.5) is 0 Å². The maximum atomic E-state index is 2.31. The third-order valence-electron chi connectivity index (χ3n) is 3.76. The summed E-state index contributed by atoms with van der Waals surface area (Å²) in [6.45, 7) is 0. The Morgan fingerprint density at radius 2 is 2.00 bits per heavy atom. The summed E-state index contributed by atoms with van der Waals surface area (Å²) >= 11 is 0. The minimum Gasteiger partial charge on any atom is -0.0622 e. The van der Waals surface area contributed by atoms with Crippen molar-refractivity contribution >= 4 is 0 Å². The van der Waals surface area contributed by atoms with E-state index in [0.717, 1.165) is 5.92 Å². The van der Waals surface area contributed by atoms with Crippen molar-refractivity contribution in [2.24, 2.45) is 5.92 Å². The molecule has 0 amide bonds. The van der Waals surface area contributed by atoms with Crippen molar-refractivity contribution in [1.29, 1.82) is 0 Å². The van der Waals surface area contributed by atoms with Gasteiger partial charge in [0.2, 0.25) is 0 Å². The van der Waals surface area contributed by atoms with Crippen LogP contribution < -0.4 is 0 Å². The zero-order valence-corrected chi connectivity index (χ0v) is 7.29. The lowest BCUT2D eigenvalue weighted by molar-refractivity contribution is 0.657. The molecule has 0 heteroatoms. The van der Waals surface area contributed by atoms with E-state index >= 15 is 0 Å². The van der Waals surface area contributed by atoms with Gasteiger partial charge in [0.05, 0.1) is 0 Å². The highest BCUT2D eigenvalue weighted by Gasteiger charge is 2.57. The van der Waals surface area contributed by atoms with E-state index in [4.69, 9.17) is 0 Å². The lowest BCUT2D eigenvalue weighted by atomic mass is 9.94. The van der Waals surface area contributed by atoms with Gasteiger partial charge in [0.1, 0.15) is 0 Å². The number of hydrogen-bond donors (Lipinski definition) is 0. The van der Waals surface area contributed by atoms with Gasteiger partial charge >= 0.3 is 0 Å². The van der Waals surface area contributed by atoms with E-state index in [1.807, 2.05) is 0 Å². The normalized spacial score (nSPS) is 37.8. The Balaban J connectivity index is 2.00. The summed E-state index contributed by atoms with van der Waals surface area (Å²) in [5, 5.41) is 0. The van der Waals surface area contributed by atoms with Gasteiger partial charge in [-0.15, -0.1) is 0 Å². The van der Waals surface area contributed by atoms with Crippen LogP contribution in [0.15, 0.2) is 30.3 Å². The van der Waals surface area contributed by atoms with Crippen molar-refractivity contribution in [2.75, 3.05) is 0 Å². The molecule has 0 heterocycles. The van der Waals surface area contributed by atoms with E-state index in [1.165, 1.54) is 25.7 Å². The van der Waals surface area contributed by atoms with Crippen LogP contribution >= 0.6 is 0 Å². The van der Waals surface area contributed by atoms with Crippen molar-refractivity contribution in [2.45, 2.75) is 31.1 Å². The van der Waals surface area contributed by atoms with Gasteiger partial charge in [0, 0.05) is 0 Å². The molecule has 12 heavy (non-hydrogen) atoms. The second kappa shape index (κ2) is 2.12. The van der Waals surface area contributed by atoms with Crippen LogP contribution in [0.1, 0.15) is 31.2 Å². The molecule has 2 aliphatic rings. The lowest BCUT2D eigenvalue weighted by Crippen LogP contribution is -2.03. The van der Waals surface area contributed by atoms with Gasteiger partial charge in [-0.05, 0) is 36.2 Å². The van der Waals surface area contributed by atoms with Crippen molar-refractivity contribution in [1.82, 2.24) is 0 Å². The molecule has 3 rings (SSSR count). The van der Waals surface area contributed by atoms with Crippen LogP contribution in [0.25, 0.3) is 0 Å². The van der Waals surface area contributed by atoms with Gasteiger partial charge in [0.15, 0.2) is 0 Å². The van der Waals surface area contributed by atoms with Crippen molar-refractivity contribution < 1.29 is 0 Å². The van der Waals surface area contributed by atoms with E-state index in [0.29, 0.717) is 5.41 Å². The third kappa shape index (κ3) is 0.730. The van der Waals surface area contributed by atoms with Gasteiger partial charge in [-0.25, -0.2) is 0 Å². The van der Waals surface area contributed by atoms with E-state index in [1.54, 1.807) is 5.56 Å². The highest BCUT2D eigenvalue weighted by Crippen LogP contribution is 2.64. The van der Waals surface area contributed by atoms with E-state index in [2.05, 4.69) is 30.3 Å². The van der Waals surface area contributed by atoms with Gasteiger partial charge < -0.3 is 0 Å². The Labute approximate surface area is 73.6 Å². The summed E-state index contributed by atoms with van der Waals surface area (Å²) < 4.78 is 0. The molecular formula is C12H14. The van der Waals surface area contributed by atoms with E-state index in [-0.39, 0.29) is 0 Å². The van der Waals surface area contributed by atoms with Gasteiger partial charge in [-0.2, -0.15) is 0 Å². The fraction of sp³-hybridized carbons (Fsp3) is 0.500. The molecule has 1 aromatic carbocycles. The van der Waals surface area contributed by atoms with Crippen LogP contribution in [0, 0.1) is 5.92 Å². The summed E-state index contributed by atoms with van der Waals surface area (Å²) in [6.07, 6.45) is 5.85. The molecule has 0 N–H and O–H groups in total. The molecule has 0 bridgehead atoms. The topological polar surface area (TPSA) is 0 Å². The molecule has 2 atom stereocenters. The molecule has 0 radical (unpaired) electrons. The first-order chi connectivity index (χ1) is 5.92. The Bertz CT molecular complexity index is 288. The highest BCUT2D eigenvalue weighted by molar-refractivity contribution is 5.35. The second-order valence-electron chi connectivity index (χ2n) is 4.32. The summed E-state index contributed by atoms with van der Waals surface area (Å²) in [4.78, 5) is 0. The molecule has 1 aromatic rings. The number of rotatable bonds is 1. The first-order valence-electron chi connectivity index (χ1n) is 4.97. The predicted molar refractivity (Wildman–Crippen MR) is 50.1 cm³/mol. The molecule has 2 unspecified atom stereocenters. The van der Waals surface area contributed by atoms with E-state index in [9.17, 15) is 0 Å². The average Bonchev–Trinajstić information content (AvgIpc) is 2.72. The molecule has 0 nitrogen and oxygen atoms in total. The Kier molecular flexibility index (Phi) is 1.19. The van der Waals surface area contributed by atoms with Crippen LogP contribution in [0.2, 0.25) is 0 Å². The Hall–Kier alpha value is -0.780. The molecular weight excluding hydrogens is 144 g/mol. The molecule has 2 fully saturated rings. The van der Waals surface area contributed by atoms with Crippen LogP contribution in [0.3, 0.4) is 0 Å². The third-order valence-corrected chi connectivity index (χ3v) is 3.76. The summed E-state index contributed by atoms with van der Waals surface area (Å²) in [5.41, 5.74) is 2.26. The highest BCUT2D eigenvalue weighted by atomic mass is 14.6. The zero-order valence-electron chi connectivity index (χ0n) is 7.29. The predicted octanol–water partition coefficient (Wildman–Crippen LogP) is 3.13. The van der Waals surface area contributed by atoms with Crippen molar-refractivity contribution in [3.05, 3.63) is 35.9 Å². The van der Waals surface area contributed by atoms with E-state index < -0.39 is 0 Å². The number of hydrogen-bond acceptors (Lipinski definition) is 0. The number of benzene rings is 1. The van der Waals surface area contributed by atoms with Crippen LogP contribution in [-0.2, 0) is 5.41 Å². The van der Waals surface area contributed by atoms with Crippen LogP contribution in [-0.4, -0.2) is 0 Å². The average molecular weight is 158 g/mol. The molecule has 0 spiro atoms. The van der Waals surface area contributed by atoms with Crippen LogP contribution in [0.5, 0.6) is 0 Å². The van der Waals surface area contributed by atoms with Gasteiger partial charge in [0.25, 0.3) is 0 Å². The zero-order chi connectivity index (χ0) is 8.02. The fourth-order valence-electron chi connectivity index (χ4n) is 3.00. The maximum Gasteiger partial charge on any atom is -0.00155 e. The molecule has 0 saturated heterocycles. The maximum absolute atomic E-state index is 2.31. The molecule has 0 aliphatic heterocycles. The van der Waals surface area contributed by atoms with Crippen molar-refractivity contribution in [3.63, 3.8) is 0 Å². The van der Waals surface area contributed by atoms with Crippen molar-refractivity contribution in [3.8, 4) is 0 Å².